The molecular weight excluding hydrogens is 208 g/mol. The lowest BCUT2D eigenvalue weighted by atomic mass is 10.2. The molecule has 1 aromatic carbocycles. The number of ether oxygens (including phenoxy) is 1. The molecule has 0 spiro atoms. The number of allylic oxidation sites excluding steroid dienone is 1. The van der Waals surface area contributed by atoms with Crippen molar-refractivity contribution < 1.29 is 19.7 Å². The maximum Gasteiger partial charge on any atom is 0.334 e. The van der Waals surface area contributed by atoms with Crippen molar-refractivity contribution >= 4 is 5.97 Å². The highest BCUT2D eigenvalue weighted by atomic mass is 16.5. The quantitative estimate of drug-likeness (QED) is 0.820. The van der Waals surface area contributed by atoms with Crippen LogP contribution in [0.15, 0.2) is 35.6 Å². The van der Waals surface area contributed by atoms with E-state index in [1.807, 2.05) is 0 Å². The van der Waals surface area contributed by atoms with E-state index in [4.69, 9.17) is 9.84 Å². The first-order valence-corrected chi connectivity index (χ1v) is 5.09. The van der Waals surface area contributed by atoms with Crippen LogP contribution in [0.2, 0.25) is 0 Å². The molecule has 0 heterocycles. The van der Waals surface area contributed by atoms with E-state index in [-0.39, 0.29) is 5.75 Å². The number of hydrogen-bond donors (Lipinski definition) is 2. The lowest BCUT2D eigenvalue weighted by Gasteiger charge is -2.08. The van der Waals surface area contributed by atoms with Crippen LogP contribution in [0.25, 0.3) is 0 Å². The Morgan fingerprint density at radius 2 is 2.00 bits per heavy atom. The summed E-state index contributed by atoms with van der Waals surface area (Å²) in [6, 6.07) is 6.53. The summed E-state index contributed by atoms with van der Waals surface area (Å²) >= 11 is 0. The summed E-state index contributed by atoms with van der Waals surface area (Å²) in [4.78, 5) is 10.9. The Morgan fingerprint density at radius 3 is 2.69 bits per heavy atom. The van der Waals surface area contributed by atoms with E-state index in [9.17, 15) is 9.90 Å². The number of carbonyl (C=O) groups is 1. The average molecular weight is 220 g/mol. The SMILES string of the molecule is O=C(O)C1=C(Oc2ccccc2O)CCC1. The minimum absolute atomic E-state index is 0.0200. The fourth-order valence-electron chi connectivity index (χ4n) is 1.73. The van der Waals surface area contributed by atoms with Crippen molar-refractivity contribution in [1.29, 1.82) is 0 Å². The van der Waals surface area contributed by atoms with Gasteiger partial charge in [-0.1, -0.05) is 12.1 Å². The number of aliphatic carboxylic acids is 1. The smallest absolute Gasteiger partial charge is 0.334 e. The van der Waals surface area contributed by atoms with Gasteiger partial charge in [0.15, 0.2) is 11.5 Å². The fraction of sp³-hybridized carbons (Fsp3) is 0.250. The van der Waals surface area contributed by atoms with Gasteiger partial charge in [0.25, 0.3) is 0 Å². The average Bonchev–Trinajstić information content (AvgIpc) is 2.69. The van der Waals surface area contributed by atoms with Gasteiger partial charge in [0.05, 0.1) is 5.57 Å². The number of carboxylic acids is 1. The standard InChI is InChI=1S/C12H12O4/c13-9-5-1-2-6-11(9)16-10-7-3-4-8(10)12(14)15/h1-2,5-6,13H,3-4,7H2,(H,14,15). The van der Waals surface area contributed by atoms with E-state index < -0.39 is 5.97 Å². The number of aromatic hydroxyl groups is 1. The maximum atomic E-state index is 10.9. The molecule has 84 valence electrons. The van der Waals surface area contributed by atoms with Crippen LogP contribution in [-0.2, 0) is 4.79 Å². The van der Waals surface area contributed by atoms with Crippen LogP contribution >= 0.6 is 0 Å². The van der Waals surface area contributed by atoms with Gasteiger partial charge in [-0.05, 0) is 25.0 Å². The van der Waals surface area contributed by atoms with Gasteiger partial charge in [-0.3, -0.25) is 0 Å². The molecule has 0 radical (unpaired) electrons. The lowest BCUT2D eigenvalue weighted by Crippen LogP contribution is -2.03. The third-order valence-corrected chi connectivity index (χ3v) is 2.52. The Morgan fingerprint density at radius 1 is 1.25 bits per heavy atom. The molecular formula is C12H12O4. The molecule has 0 fully saturated rings. The zero-order chi connectivity index (χ0) is 11.5. The van der Waals surface area contributed by atoms with Crippen LogP contribution in [0, 0.1) is 0 Å². The molecule has 0 unspecified atom stereocenters. The summed E-state index contributed by atoms with van der Waals surface area (Å²) in [5.74, 6) is -0.165. The van der Waals surface area contributed by atoms with E-state index in [1.54, 1.807) is 18.2 Å². The van der Waals surface area contributed by atoms with Gasteiger partial charge in [0.2, 0.25) is 0 Å². The molecule has 1 aliphatic rings. The highest BCUT2D eigenvalue weighted by molar-refractivity contribution is 5.87. The van der Waals surface area contributed by atoms with Crippen molar-refractivity contribution in [3.63, 3.8) is 0 Å². The van der Waals surface area contributed by atoms with Crippen molar-refractivity contribution in [1.82, 2.24) is 0 Å². The zero-order valence-electron chi connectivity index (χ0n) is 8.64. The van der Waals surface area contributed by atoms with E-state index in [0.29, 0.717) is 29.9 Å². The maximum absolute atomic E-state index is 10.9. The Kier molecular flexibility index (Phi) is 2.81. The highest BCUT2D eigenvalue weighted by Gasteiger charge is 2.22. The number of phenolic OH excluding ortho intramolecular Hbond substituents is 1. The number of hydrogen-bond acceptors (Lipinski definition) is 3. The summed E-state index contributed by atoms with van der Waals surface area (Å²) in [7, 11) is 0. The van der Waals surface area contributed by atoms with Crippen molar-refractivity contribution in [3.8, 4) is 11.5 Å². The number of para-hydroxylation sites is 2. The molecule has 0 bridgehead atoms. The summed E-state index contributed by atoms with van der Waals surface area (Å²) in [6.45, 7) is 0. The van der Waals surface area contributed by atoms with Crippen molar-refractivity contribution in [2.75, 3.05) is 0 Å². The second-order valence-corrected chi connectivity index (χ2v) is 3.63. The van der Waals surface area contributed by atoms with Gasteiger partial charge >= 0.3 is 5.97 Å². The summed E-state index contributed by atoms with van der Waals surface area (Å²) in [5, 5.41) is 18.4. The second-order valence-electron chi connectivity index (χ2n) is 3.63. The third-order valence-electron chi connectivity index (χ3n) is 2.52. The fourth-order valence-corrected chi connectivity index (χ4v) is 1.73. The molecule has 4 heteroatoms. The van der Waals surface area contributed by atoms with Gasteiger partial charge < -0.3 is 14.9 Å². The van der Waals surface area contributed by atoms with Crippen LogP contribution in [0.1, 0.15) is 19.3 Å². The predicted octanol–water partition coefficient (Wildman–Crippen LogP) is 2.29. The predicted molar refractivity (Wildman–Crippen MR) is 57.2 cm³/mol. The van der Waals surface area contributed by atoms with Crippen LogP contribution in [0.3, 0.4) is 0 Å². The largest absolute Gasteiger partial charge is 0.504 e. The summed E-state index contributed by atoms with van der Waals surface area (Å²) in [5.41, 5.74) is 0.309. The Hall–Kier alpha value is -1.97. The lowest BCUT2D eigenvalue weighted by molar-refractivity contribution is -0.132. The van der Waals surface area contributed by atoms with Crippen molar-refractivity contribution in [2.45, 2.75) is 19.3 Å². The summed E-state index contributed by atoms with van der Waals surface area (Å²) < 4.78 is 5.43. The van der Waals surface area contributed by atoms with Crippen molar-refractivity contribution in [3.05, 3.63) is 35.6 Å². The molecule has 16 heavy (non-hydrogen) atoms. The molecule has 0 aliphatic heterocycles. The minimum atomic E-state index is -0.942. The van der Waals surface area contributed by atoms with Crippen LogP contribution in [0.4, 0.5) is 0 Å². The topological polar surface area (TPSA) is 66.8 Å². The number of phenols is 1. The molecule has 0 saturated carbocycles. The molecule has 1 aliphatic carbocycles. The minimum Gasteiger partial charge on any atom is -0.504 e. The van der Waals surface area contributed by atoms with E-state index in [1.165, 1.54) is 6.07 Å². The van der Waals surface area contributed by atoms with Gasteiger partial charge in [-0.25, -0.2) is 4.79 Å². The number of rotatable bonds is 3. The summed E-state index contributed by atoms with van der Waals surface area (Å²) in [6.07, 6.45) is 1.92. The van der Waals surface area contributed by atoms with Gasteiger partial charge in [0, 0.05) is 6.42 Å². The first-order valence-electron chi connectivity index (χ1n) is 5.09. The molecule has 2 N–H and O–H groups in total. The van der Waals surface area contributed by atoms with Gasteiger partial charge in [-0.2, -0.15) is 0 Å². The van der Waals surface area contributed by atoms with Crippen LogP contribution in [0.5, 0.6) is 11.5 Å². The molecule has 0 amide bonds. The molecule has 2 rings (SSSR count). The first-order chi connectivity index (χ1) is 7.68. The van der Waals surface area contributed by atoms with E-state index in [0.717, 1.165) is 6.42 Å². The Balaban J connectivity index is 2.25. The van der Waals surface area contributed by atoms with Gasteiger partial charge in [0.1, 0.15) is 5.76 Å². The van der Waals surface area contributed by atoms with Crippen LogP contribution in [-0.4, -0.2) is 16.2 Å². The second kappa shape index (κ2) is 4.26. The van der Waals surface area contributed by atoms with E-state index in [2.05, 4.69) is 0 Å². The van der Waals surface area contributed by atoms with Crippen molar-refractivity contribution in [2.24, 2.45) is 0 Å². The highest BCUT2D eigenvalue weighted by Crippen LogP contribution is 2.32. The molecule has 0 atom stereocenters. The van der Waals surface area contributed by atoms with Crippen LogP contribution < -0.4 is 4.74 Å². The number of benzene rings is 1. The molecule has 0 aromatic heterocycles. The first kappa shape index (κ1) is 10.5. The molecule has 0 saturated heterocycles. The zero-order valence-corrected chi connectivity index (χ0v) is 8.64. The Bertz CT molecular complexity index is 448. The molecule has 1 aromatic rings. The third kappa shape index (κ3) is 2.00. The molecule has 4 nitrogen and oxygen atoms in total. The van der Waals surface area contributed by atoms with Gasteiger partial charge in [-0.15, -0.1) is 0 Å². The number of carboxylic acid groups (broad SMARTS) is 1. The monoisotopic (exact) mass is 220 g/mol. The normalized spacial score (nSPS) is 15.2. The Labute approximate surface area is 92.8 Å². The van der Waals surface area contributed by atoms with E-state index >= 15 is 0 Å².